The van der Waals surface area contributed by atoms with Gasteiger partial charge in [0.1, 0.15) is 0 Å². The van der Waals surface area contributed by atoms with Gasteiger partial charge in [-0.2, -0.15) is 20.8 Å². The zero-order valence-electron chi connectivity index (χ0n) is 18.2. The highest BCUT2D eigenvalue weighted by molar-refractivity contribution is 5.81. The summed E-state index contributed by atoms with van der Waals surface area (Å²) in [7, 11) is 0. The summed E-state index contributed by atoms with van der Waals surface area (Å²) in [6, 6.07) is 4.38. The molecule has 0 heterocycles. The standard InChI is InChI=1S/C14H24N4.C7H12O3/c1-11(2)7-13(5,9-15)17-18-14(6,10-16)8-12(3)4;1-2-7(9)10-6-4-3-5-8/h11-12H,7-8H2,1-6H3;2,8H,1,3-6H2. The highest BCUT2D eigenvalue weighted by Gasteiger charge is 2.29. The van der Waals surface area contributed by atoms with Gasteiger partial charge in [-0.1, -0.05) is 34.3 Å². The number of azo groups is 1. The first-order chi connectivity index (χ1) is 13.0. The SMILES string of the molecule is C=CC(=O)OCCCCO.CC(C)CC(C)(C#N)N=NC(C)(C#N)CC(C)C. The number of carbonyl (C=O) groups is 1. The van der Waals surface area contributed by atoms with E-state index < -0.39 is 17.0 Å². The first-order valence-electron chi connectivity index (χ1n) is 9.64. The zero-order chi connectivity index (χ0) is 22.2. The minimum atomic E-state index is -0.830. The molecule has 0 radical (unpaired) electrons. The number of hydrogen-bond donors (Lipinski definition) is 1. The summed E-state index contributed by atoms with van der Waals surface area (Å²) in [5.74, 6) is 0.331. The number of ether oxygens (including phenoxy) is 1. The van der Waals surface area contributed by atoms with Gasteiger partial charge in [-0.3, -0.25) is 0 Å². The Morgan fingerprint density at radius 1 is 1.07 bits per heavy atom. The second-order valence-corrected chi connectivity index (χ2v) is 7.97. The Bertz CT molecular complexity index is 539. The van der Waals surface area contributed by atoms with Crippen LogP contribution in [0.25, 0.3) is 0 Å². The minimum absolute atomic E-state index is 0.144. The molecule has 158 valence electrons. The largest absolute Gasteiger partial charge is 0.463 e. The summed E-state index contributed by atoms with van der Waals surface area (Å²) in [6.45, 7) is 15.5. The molecular formula is C21H36N4O3. The third-order valence-electron chi connectivity index (χ3n) is 3.55. The molecule has 1 N–H and O–H groups in total. The van der Waals surface area contributed by atoms with Crippen LogP contribution in [0.1, 0.15) is 67.2 Å². The van der Waals surface area contributed by atoms with Crippen molar-refractivity contribution in [3.63, 3.8) is 0 Å². The summed E-state index contributed by atoms with van der Waals surface area (Å²) in [4.78, 5) is 10.4. The molecule has 0 aliphatic rings. The number of hydrogen-bond acceptors (Lipinski definition) is 7. The van der Waals surface area contributed by atoms with Crippen molar-refractivity contribution in [1.82, 2.24) is 0 Å². The van der Waals surface area contributed by atoms with Crippen molar-refractivity contribution in [2.24, 2.45) is 22.1 Å². The molecule has 0 aromatic carbocycles. The summed E-state index contributed by atoms with van der Waals surface area (Å²) in [5.41, 5.74) is -1.66. The first-order valence-corrected chi connectivity index (χ1v) is 9.64. The van der Waals surface area contributed by atoms with Crippen LogP contribution in [-0.4, -0.2) is 35.4 Å². The van der Waals surface area contributed by atoms with Crippen molar-refractivity contribution in [2.45, 2.75) is 78.3 Å². The molecule has 0 aromatic heterocycles. The Balaban J connectivity index is 0. The Hall–Kier alpha value is -2.25. The van der Waals surface area contributed by atoms with Gasteiger partial charge in [-0.25, -0.2) is 4.79 Å². The molecule has 0 bridgehead atoms. The maximum atomic E-state index is 10.4. The normalized spacial score (nSPS) is 15.0. The average molecular weight is 393 g/mol. The van der Waals surface area contributed by atoms with E-state index in [1.807, 2.05) is 27.7 Å². The number of aliphatic hydroxyl groups excluding tert-OH is 1. The van der Waals surface area contributed by atoms with E-state index in [2.05, 4.69) is 33.7 Å². The molecular weight excluding hydrogens is 356 g/mol. The fraction of sp³-hybridized carbons (Fsp3) is 0.762. The molecule has 2 atom stereocenters. The first kappa shape index (κ1) is 28.0. The highest BCUT2D eigenvalue weighted by Crippen LogP contribution is 2.25. The van der Waals surface area contributed by atoms with E-state index in [4.69, 9.17) is 5.11 Å². The van der Waals surface area contributed by atoms with E-state index in [0.29, 0.717) is 44.1 Å². The molecule has 2 unspecified atom stereocenters. The fourth-order valence-corrected chi connectivity index (χ4v) is 2.47. The molecule has 0 amide bonds. The van der Waals surface area contributed by atoms with E-state index >= 15 is 0 Å². The number of rotatable bonds is 11. The minimum Gasteiger partial charge on any atom is -0.463 e. The fourth-order valence-electron chi connectivity index (χ4n) is 2.47. The number of aliphatic hydroxyl groups is 1. The number of unbranched alkanes of at least 4 members (excludes halogenated alkanes) is 1. The quantitative estimate of drug-likeness (QED) is 0.239. The van der Waals surface area contributed by atoms with Crippen molar-refractivity contribution in [3.05, 3.63) is 12.7 Å². The van der Waals surface area contributed by atoms with Gasteiger partial charge in [-0.15, -0.1) is 0 Å². The van der Waals surface area contributed by atoms with E-state index in [-0.39, 0.29) is 6.61 Å². The lowest BCUT2D eigenvalue weighted by molar-refractivity contribution is -0.137. The van der Waals surface area contributed by atoms with Gasteiger partial charge in [0.15, 0.2) is 11.1 Å². The lowest BCUT2D eigenvalue weighted by Gasteiger charge is -2.22. The molecule has 0 aliphatic carbocycles. The molecule has 0 rings (SSSR count). The molecule has 28 heavy (non-hydrogen) atoms. The maximum absolute atomic E-state index is 10.4. The number of esters is 1. The molecule has 0 fully saturated rings. The lowest BCUT2D eigenvalue weighted by Crippen LogP contribution is -2.26. The number of nitrogens with zero attached hydrogens (tertiary/aromatic N) is 4. The van der Waals surface area contributed by atoms with Crippen LogP contribution < -0.4 is 0 Å². The Morgan fingerprint density at radius 2 is 1.50 bits per heavy atom. The summed E-state index contributed by atoms with van der Waals surface area (Å²) in [6.07, 6.45) is 3.80. The predicted molar refractivity (Wildman–Crippen MR) is 109 cm³/mol. The lowest BCUT2D eigenvalue weighted by atomic mass is 9.92. The molecule has 7 nitrogen and oxygen atoms in total. The van der Waals surface area contributed by atoms with Crippen molar-refractivity contribution in [3.8, 4) is 12.1 Å². The molecule has 0 saturated carbocycles. The summed E-state index contributed by atoms with van der Waals surface area (Å²) >= 11 is 0. The maximum Gasteiger partial charge on any atom is 0.330 e. The van der Waals surface area contributed by atoms with E-state index in [0.717, 1.165) is 6.08 Å². The van der Waals surface area contributed by atoms with Crippen LogP contribution in [0.2, 0.25) is 0 Å². The Kier molecular flexibility index (Phi) is 14.7. The van der Waals surface area contributed by atoms with Gasteiger partial charge in [0.05, 0.1) is 18.7 Å². The monoisotopic (exact) mass is 392 g/mol. The highest BCUT2D eigenvalue weighted by atomic mass is 16.5. The van der Waals surface area contributed by atoms with Gasteiger partial charge >= 0.3 is 5.97 Å². The second kappa shape index (κ2) is 14.8. The van der Waals surface area contributed by atoms with Crippen LogP contribution in [0.15, 0.2) is 22.9 Å². The topological polar surface area (TPSA) is 119 Å². The van der Waals surface area contributed by atoms with Crippen LogP contribution >= 0.6 is 0 Å². The van der Waals surface area contributed by atoms with Crippen LogP contribution in [0.3, 0.4) is 0 Å². The van der Waals surface area contributed by atoms with Crippen LogP contribution in [0, 0.1) is 34.5 Å². The molecule has 0 saturated heterocycles. The van der Waals surface area contributed by atoms with Crippen LogP contribution in [-0.2, 0) is 9.53 Å². The van der Waals surface area contributed by atoms with Crippen molar-refractivity contribution >= 4 is 5.97 Å². The molecule has 0 spiro atoms. The van der Waals surface area contributed by atoms with Crippen molar-refractivity contribution in [1.29, 1.82) is 10.5 Å². The summed E-state index contributed by atoms with van der Waals surface area (Å²) in [5, 5.41) is 35.0. The molecule has 0 aliphatic heterocycles. The van der Waals surface area contributed by atoms with E-state index in [9.17, 15) is 15.3 Å². The number of nitriles is 2. The number of carbonyl (C=O) groups excluding carboxylic acids is 1. The van der Waals surface area contributed by atoms with E-state index in [1.54, 1.807) is 13.8 Å². The van der Waals surface area contributed by atoms with E-state index in [1.165, 1.54) is 0 Å². The van der Waals surface area contributed by atoms with Crippen molar-refractivity contribution < 1.29 is 14.6 Å². The molecule has 0 aromatic rings. The zero-order valence-corrected chi connectivity index (χ0v) is 18.2. The predicted octanol–water partition coefficient (Wildman–Crippen LogP) is 4.58. The summed E-state index contributed by atoms with van der Waals surface area (Å²) < 4.78 is 4.63. The average Bonchev–Trinajstić information content (AvgIpc) is 2.63. The van der Waals surface area contributed by atoms with Crippen LogP contribution in [0.5, 0.6) is 0 Å². The van der Waals surface area contributed by atoms with Crippen molar-refractivity contribution in [2.75, 3.05) is 13.2 Å². The van der Waals surface area contributed by atoms with Gasteiger partial charge < -0.3 is 9.84 Å². The van der Waals surface area contributed by atoms with Gasteiger partial charge in [0, 0.05) is 12.7 Å². The van der Waals surface area contributed by atoms with Crippen LogP contribution in [0.4, 0.5) is 0 Å². The third kappa shape index (κ3) is 14.9. The molecule has 7 heteroatoms. The van der Waals surface area contributed by atoms with Gasteiger partial charge in [-0.05, 0) is 51.4 Å². The van der Waals surface area contributed by atoms with Gasteiger partial charge in [0.2, 0.25) is 0 Å². The van der Waals surface area contributed by atoms with Gasteiger partial charge in [0.25, 0.3) is 0 Å². The Morgan fingerprint density at radius 3 is 1.79 bits per heavy atom. The second-order valence-electron chi connectivity index (χ2n) is 7.97. The smallest absolute Gasteiger partial charge is 0.330 e. The Labute approximate surface area is 170 Å². The third-order valence-corrected chi connectivity index (χ3v) is 3.55.